The highest BCUT2D eigenvalue weighted by atomic mass is 35.5. The van der Waals surface area contributed by atoms with E-state index in [-0.39, 0.29) is 31.0 Å². The van der Waals surface area contributed by atoms with Crippen LogP contribution < -0.4 is 10.9 Å². The number of para-hydroxylation sites is 1. The van der Waals surface area contributed by atoms with E-state index in [4.69, 9.17) is 11.6 Å². The zero-order valence-corrected chi connectivity index (χ0v) is 15.6. The van der Waals surface area contributed by atoms with E-state index in [0.717, 1.165) is 5.56 Å². The molecule has 0 aliphatic carbocycles. The minimum atomic E-state index is -0.820. The second kappa shape index (κ2) is 8.33. The summed E-state index contributed by atoms with van der Waals surface area (Å²) in [5.41, 5.74) is 2.11. The fourth-order valence-electron chi connectivity index (χ4n) is 2.82. The van der Waals surface area contributed by atoms with Crippen LogP contribution in [0, 0.1) is 6.92 Å². The third kappa shape index (κ3) is 4.53. The average molecular weight is 386 g/mol. The number of fused-ring (bicyclic) bond motifs is 1. The highest BCUT2D eigenvalue weighted by molar-refractivity contribution is 6.30. The van der Waals surface area contributed by atoms with Gasteiger partial charge >= 0.3 is 0 Å². The molecule has 1 unspecified atom stereocenters. The van der Waals surface area contributed by atoms with Gasteiger partial charge in [0.25, 0.3) is 5.56 Å². The summed E-state index contributed by atoms with van der Waals surface area (Å²) in [4.78, 5) is 28.9. The number of hydrogen-bond donors (Lipinski definition) is 2. The van der Waals surface area contributed by atoms with Crippen molar-refractivity contribution in [3.63, 3.8) is 0 Å². The lowest BCUT2D eigenvalue weighted by atomic mass is 10.1. The maximum atomic E-state index is 12.5. The molecule has 0 saturated carbocycles. The van der Waals surface area contributed by atoms with Crippen molar-refractivity contribution < 1.29 is 9.90 Å². The molecule has 0 saturated heterocycles. The summed E-state index contributed by atoms with van der Waals surface area (Å²) in [5.74, 6) is -0.251. The second-order valence-corrected chi connectivity index (χ2v) is 6.77. The van der Waals surface area contributed by atoms with Crippen molar-refractivity contribution in [3.8, 4) is 0 Å². The molecule has 0 aliphatic heterocycles. The van der Waals surface area contributed by atoms with Crippen molar-refractivity contribution in [3.05, 3.63) is 75.3 Å². The SMILES string of the molecule is Cc1cccc2c(=O)n(CCC(=O)NCC(O)c3ccc(Cl)cc3)cnc12. The van der Waals surface area contributed by atoms with Gasteiger partial charge in [0, 0.05) is 24.5 Å². The lowest BCUT2D eigenvalue weighted by Gasteiger charge is -2.13. The summed E-state index contributed by atoms with van der Waals surface area (Å²) < 4.78 is 1.43. The number of aliphatic hydroxyl groups is 1. The lowest BCUT2D eigenvalue weighted by molar-refractivity contribution is -0.121. The fourth-order valence-corrected chi connectivity index (χ4v) is 2.95. The highest BCUT2D eigenvalue weighted by Gasteiger charge is 2.11. The van der Waals surface area contributed by atoms with E-state index in [9.17, 15) is 14.7 Å². The predicted octanol–water partition coefficient (Wildman–Crippen LogP) is 2.60. The molecule has 7 heteroatoms. The minimum Gasteiger partial charge on any atom is -0.387 e. The molecule has 1 aromatic heterocycles. The first-order valence-electron chi connectivity index (χ1n) is 8.60. The molecule has 0 bridgehead atoms. The highest BCUT2D eigenvalue weighted by Crippen LogP contribution is 2.15. The third-order valence-corrected chi connectivity index (χ3v) is 4.63. The van der Waals surface area contributed by atoms with Crippen LogP contribution in [-0.2, 0) is 11.3 Å². The van der Waals surface area contributed by atoms with Gasteiger partial charge in [-0.05, 0) is 36.2 Å². The van der Waals surface area contributed by atoms with Crippen LogP contribution in [0.1, 0.15) is 23.7 Å². The first-order chi connectivity index (χ1) is 13.0. The molecule has 1 atom stereocenters. The average Bonchev–Trinajstić information content (AvgIpc) is 2.66. The van der Waals surface area contributed by atoms with Gasteiger partial charge in [0.15, 0.2) is 0 Å². The third-order valence-electron chi connectivity index (χ3n) is 4.38. The zero-order valence-electron chi connectivity index (χ0n) is 14.9. The van der Waals surface area contributed by atoms with Crippen LogP contribution in [0.25, 0.3) is 10.9 Å². The molecule has 1 heterocycles. The number of amides is 1. The van der Waals surface area contributed by atoms with Gasteiger partial charge in [-0.15, -0.1) is 0 Å². The molecule has 27 heavy (non-hydrogen) atoms. The molecule has 3 rings (SSSR count). The number of aryl methyl sites for hydroxylation is 2. The molecule has 2 aromatic carbocycles. The molecule has 6 nitrogen and oxygen atoms in total. The molecule has 0 aliphatic rings. The van der Waals surface area contributed by atoms with E-state index < -0.39 is 6.10 Å². The van der Waals surface area contributed by atoms with Gasteiger partial charge in [-0.3, -0.25) is 14.2 Å². The van der Waals surface area contributed by atoms with E-state index in [1.165, 1.54) is 10.9 Å². The van der Waals surface area contributed by atoms with Crippen LogP contribution in [0.15, 0.2) is 53.6 Å². The monoisotopic (exact) mass is 385 g/mol. The number of hydrogen-bond acceptors (Lipinski definition) is 4. The maximum Gasteiger partial charge on any atom is 0.261 e. The van der Waals surface area contributed by atoms with Crippen molar-refractivity contribution in [2.45, 2.75) is 26.0 Å². The van der Waals surface area contributed by atoms with Gasteiger partial charge in [0.2, 0.25) is 5.91 Å². The normalized spacial score (nSPS) is 12.1. The van der Waals surface area contributed by atoms with Crippen molar-refractivity contribution in [1.82, 2.24) is 14.9 Å². The van der Waals surface area contributed by atoms with Gasteiger partial charge < -0.3 is 10.4 Å². The molecule has 2 N–H and O–H groups in total. The van der Waals surface area contributed by atoms with Gasteiger partial charge in [-0.25, -0.2) is 4.98 Å². The standard InChI is InChI=1S/C20H20ClN3O3/c1-13-3-2-4-16-19(13)23-12-24(20(16)27)10-9-18(26)22-11-17(25)14-5-7-15(21)8-6-14/h2-8,12,17,25H,9-11H2,1H3,(H,22,26). The van der Waals surface area contributed by atoms with E-state index in [2.05, 4.69) is 10.3 Å². The first-order valence-corrected chi connectivity index (χ1v) is 8.98. The Labute approximate surface area is 161 Å². The summed E-state index contributed by atoms with van der Waals surface area (Å²) in [6.07, 6.45) is 0.763. The number of nitrogens with zero attached hydrogens (tertiary/aromatic N) is 2. The number of nitrogens with one attached hydrogen (secondary N) is 1. The summed E-state index contributed by atoms with van der Waals surface area (Å²) >= 11 is 5.82. The Morgan fingerprint density at radius 2 is 2.00 bits per heavy atom. The number of benzene rings is 2. The van der Waals surface area contributed by atoms with Crippen LogP contribution in [0.5, 0.6) is 0 Å². The van der Waals surface area contributed by atoms with Crippen LogP contribution in [-0.4, -0.2) is 27.1 Å². The van der Waals surface area contributed by atoms with Crippen LogP contribution in [0.2, 0.25) is 5.02 Å². The zero-order chi connectivity index (χ0) is 19.4. The summed E-state index contributed by atoms with van der Waals surface area (Å²) in [6.45, 7) is 2.21. The molecular formula is C20H20ClN3O3. The summed E-state index contributed by atoms with van der Waals surface area (Å²) in [6, 6.07) is 12.2. The summed E-state index contributed by atoms with van der Waals surface area (Å²) in [5, 5.41) is 13.9. The van der Waals surface area contributed by atoms with E-state index in [1.807, 2.05) is 19.1 Å². The Balaban J connectivity index is 1.58. The topological polar surface area (TPSA) is 84.2 Å². The number of halogens is 1. The van der Waals surface area contributed by atoms with Gasteiger partial charge in [-0.1, -0.05) is 35.9 Å². The smallest absolute Gasteiger partial charge is 0.261 e. The first kappa shape index (κ1) is 19.1. The quantitative estimate of drug-likeness (QED) is 0.683. The van der Waals surface area contributed by atoms with E-state index in [0.29, 0.717) is 21.5 Å². The van der Waals surface area contributed by atoms with Crippen molar-refractivity contribution >= 4 is 28.4 Å². The number of aromatic nitrogens is 2. The Morgan fingerprint density at radius 3 is 2.74 bits per heavy atom. The molecule has 140 valence electrons. The fraction of sp³-hybridized carbons (Fsp3) is 0.250. The van der Waals surface area contributed by atoms with Crippen molar-refractivity contribution in [1.29, 1.82) is 0 Å². The number of carbonyl (C=O) groups is 1. The molecular weight excluding hydrogens is 366 g/mol. The molecule has 3 aromatic rings. The summed E-state index contributed by atoms with van der Waals surface area (Å²) in [7, 11) is 0. The van der Waals surface area contributed by atoms with E-state index >= 15 is 0 Å². The van der Waals surface area contributed by atoms with Gasteiger partial charge in [0.05, 0.1) is 23.3 Å². The molecule has 0 fully saturated rings. The van der Waals surface area contributed by atoms with E-state index in [1.54, 1.807) is 30.3 Å². The predicted molar refractivity (Wildman–Crippen MR) is 105 cm³/mol. The number of carbonyl (C=O) groups excluding carboxylic acids is 1. The Hall–Kier alpha value is -2.70. The van der Waals surface area contributed by atoms with Gasteiger partial charge in [-0.2, -0.15) is 0 Å². The Bertz CT molecular complexity index is 1020. The van der Waals surface area contributed by atoms with Crippen LogP contribution in [0.3, 0.4) is 0 Å². The Kier molecular flexibility index (Phi) is 5.88. The lowest BCUT2D eigenvalue weighted by Crippen LogP contribution is -2.30. The molecule has 1 amide bonds. The number of rotatable bonds is 6. The van der Waals surface area contributed by atoms with Gasteiger partial charge in [0.1, 0.15) is 0 Å². The largest absolute Gasteiger partial charge is 0.387 e. The molecule has 0 spiro atoms. The van der Waals surface area contributed by atoms with Crippen LogP contribution >= 0.6 is 11.6 Å². The number of aliphatic hydroxyl groups excluding tert-OH is 1. The Morgan fingerprint density at radius 1 is 1.26 bits per heavy atom. The van der Waals surface area contributed by atoms with Crippen LogP contribution in [0.4, 0.5) is 0 Å². The van der Waals surface area contributed by atoms with Crippen molar-refractivity contribution in [2.24, 2.45) is 0 Å². The minimum absolute atomic E-state index is 0.0878. The second-order valence-electron chi connectivity index (χ2n) is 6.34. The molecule has 0 radical (unpaired) electrons. The maximum absolute atomic E-state index is 12.5. The van der Waals surface area contributed by atoms with Crippen molar-refractivity contribution in [2.75, 3.05) is 6.54 Å².